The van der Waals surface area contributed by atoms with Crippen LogP contribution >= 0.6 is 0 Å². The number of hydrogen-bond acceptors (Lipinski definition) is 3. The lowest BCUT2D eigenvalue weighted by molar-refractivity contribution is -0.142. The van der Waals surface area contributed by atoms with E-state index in [9.17, 15) is 9.59 Å². The smallest absolute Gasteiger partial charge is 0.305 e. The zero-order chi connectivity index (χ0) is 8.69. The van der Waals surface area contributed by atoms with Crippen LogP contribution in [0.4, 0.5) is 0 Å². The van der Waals surface area contributed by atoms with Crippen molar-refractivity contribution in [2.45, 2.75) is 20.3 Å². The monoisotopic (exact) mass is 156 g/mol. The van der Waals surface area contributed by atoms with Gasteiger partial charge in [-0.05, 0) is 18.6 Å². The minimum atomic E-state index is -0.250. The van der Waals surface area contributed by atoms with Crippen LogP contribution in [0.2, 0.25) is 0 Å². The van der Waals surface area contributed by atoms with Crippen molar-refractivity contribution >= 4 is 12.3 Å². The summed E-state index contributed by atoms with van der Waals surface area (Å²) in [6.07, 6.45) is 2.66. The Bertz CT molecular complexity index is 170. The van der Waals surface area contributed by atoms with Crippen LogP contribution < -0.4 is 0 Å². The summed E-state index contributed by atoms with van der Waals surface area (Å²) in [5.74, 6) is -0.250. The molecule has 0 aromatic rings. The number of esters is 1. The van der Waals surface area contributed by atoms with E-state index in [0.29, 0.717) is 12.0 Å². The maximum absolute atomic E-state index is 10.5. The molecular weight excluding hydrogens is 144 g/mol. The van der Waals surface area contributed by atoms with Crippen LogP contribution in [-0.4, -0.2) is 18.9 Å². The maximum atomic E-state index is 10.5. The molecular formula is C8H12O3. The number of carbonyl (C=O) groups is 2. The molecule has 3 heteroatoms. The Morgan fingerprint density at radius 1 is 1.55 bits per heavy atom. The van der Waals surface area contributed by atoms with E-state index in [1.54, 1.807) is 19.9 Å². The van der Waals surface area contributed by atoms with Gasteiger partial charge in [-0.2, -0.15) is 0 Å². The maximum Gasteiger partial charge on any atom is 0.305 e. The van der Waals surface area contributed by atoms with Gasteiger partial charge in [0.15, 0.2) is 0 Å². The van der Waals surface area contributed by atoms with Gasteiger partial charge in [0.2, 0.25) is 0 Å². The van der Waals surface area contributed by atoms with Crippen molar-refractivity contribution in [1.29, 1.82) is 0 Å². The quantitative estimate of drug-likeness (QED) is 0.347. The van der Waals surface area contributed by atoms with Crippen LogP contribution in [0.3, 0.4) is 0 Å². The minimum absolute atomic E-state index is 0.192. The average molecular weight is 156 g/mol. The van der Waals surface area contributed by atoms with Crippen LogP contribution in [0.5, 0.6) is 0 Å². The molecule has 0 rings (SSSR count). The van der Waals surface area contributed by atoms with Gasteiger partial charge in [0, 0.05) is 6.42 Å². The summed E-state index contributed by atoms with van der Waals surface area (Å²) in [6, 6.07) is 0. The van der Waals surface area contributed by atoms with Crippen LogP contribution in [0.15, 0.2) is 11.6 Å². The van der Waals surface area contributed by atoms with Gasteiger partial charge in [-0.15, -0.1) is 0 Å². The average Bonchev–Trinajstić information content (AvgIpc) is 2.04. The highest BCUT2D eigenvalue weighted by Gasteiger charge is 1.94. The van der Waals surface area contributed by atoms with Crippen molar-refractivity contribution in [1.82, 2.24) is 0 Å². The van der Waals surface area contributed by atoms with E-state index in [0.717, 1.165) is 6.29 Å². The molecule has 0 saturated carbocycles. The van der Waals surface area contributed by atoms with Crippen molar-refractivity contribution in [3.8, 4) is 0 Å². The summed E-state index contributed by atoms with van der Waals surface area (Å²) in [5.41, 5.74) is 0.578. The Labute approximate surface area is 66.0 Å². The standard InChI is InChI=1S/C8H12O3/c1-3-8(10)11-5-4-7(2)6-9/h4,6H,3,5H2,1-2H3/b7-4+. The fourth-order valence-electron chi connectivity index (χ4n) is 0.416. The number of aldehydes is 1. The first kappa shape index (κ1) is 9.88. The summed E-state index contributed by atoms with van der Waals surface area (Å²) in [7, 11) is 0. The van der Waals surface area contributed by atoms with Crippen molar-refractivity contribution < 1.29 is 14.3 Å². The van der Waals surface area contributed by atoms with Gasteiger partial charge in [-0.1, -0.05) is 6.92 Å². The summed E-state index contributed by atoms with van der Waals surface area (Å²) >= 11 is 0. The molecule has 0 radical (unpaired) electrons. The van der Waals surface area contributed by atoms with Gasteiger partial charge in [-0.3, -0.25) is 9.59 Å². The van der Waals surface area contributed by atoms with E-state index < -0.39 is 0 Å². The molecule has 0 spiro atoms. The van der Waals surface area contributed by atoms with Crippen molar-refractivity contribution in [3.63, 3.8) is 0 Å². The van der Waals surface area contributed by atoms with Crippen LogP contribution in [0.25, 0.3) is 0 Å². The second kappa shape index (κ2) is 5.65. The van der Waals surface area contributed by atoms with Gasteiger partial charge in [-0.25, -0.2) is 0 Å². The Balaban J connectivity index is 3.56. The van der Waals surface area contributed by atoms with E-state index in [2.05, 4.69) is 4.74 Å². The van der Waals surface area contributed by atoms with Gasteiger partial charge >= 0.3 is 5.97 Å². The summed E-state index contributed by atoms with van der Waals surface area (Å²) < 4.78 is 4.69. The number of ether oxygens (including phenoxy) is 1. The molecule has 0 N–H and O–H groups in total. The van der Waals surface area contributed by atoms with Crippen molar-refractivity contribution in [2.24, 2.45) is 0 Å². The first-order valence-corrected chi connectivity index (χ1v) is 3.48. The van der Waals surface area contributed by atoms with Gasteiger partial charge < -0.3 is 4.74 Å². The largest absolute Gasteiger partial charge is 0.461 e. The van der Waals surface area contributed by atoms with E-state index in [4.69, 9.17) is 0 Å². The second-order valence-electron chi connectivity index (χ2n) is 2.10. The predicted molar refractivity (Wildman–Crippen MR) is 41.1 cm³/mol. The van der Waals surface area contributed by atoms with Crippen molar-refractivity contribution in [2.75, 3.05) is 6.61 Å². The Hall–Kier alpha value is -1.12. The molecule has 0 aromatic heterocycles. The topological polar surface area (TPSA) is 43.4 Å². The first-order valence-electron chi connectivity index (χ1n) is 3.48. The third-order valence-corrected chi connectivity index (χ3v) is 1.12. The van der Waals surface area contributed by atoms with E-state index >= 15 is 0 Å². The Morgan fingerprint density at radius 2 is 2.18 bits per heavy atom. The first-order chi connectivity index (χ1) is 5.20. The second-order valence-corrected chi connectivity index (χ2v) is 2.10. The third kappa shape index (κ3) is 5.33. The molecule has 0 aliphatic rings. The fraction of sp³-hybridized carbons (Fsp3) is 0.500. The highest BCUT2D eigenvalue weighted by atomic mass is 16.5. The van der Waals surface area contributed by atoms with Gasteiger partial charge in [0.25, 0.3) is 0 Å². The summed E-state index contributed by atoms with van der Waals surface area (Å²) in [5, 5.41) is 0. The molecule has 0 heterocycles. The van der Waals surface area contributed by atoms with Crippen molar-refractivity contribution in [3.05, 3.63) is 11.6 Å². The molecule has 0 aliphatic carbocycles. The molecule has 0 aliphatic heterocycles. The SMILES string of the molecule is CCC(=O)OC/C=C(\C)C=O. The third-order valence-electron chi connectivity index (χ3n) is 1.12. The fourth-order valence-corrected chi connectivity index (χ4v) is 0.416. The lowest BCUT2D eigenvalue weighted by Crippen LogP contribution is -2.02. The van der Waals surface area contributed by atoms with Crippen LogP contribution in [0.1, 0.15) is 20.3 Å². The molecule has 62 valence electrons. The Kier molecular flexibility index (Phi) is 5.07. The number of carbonyl (C=O) groups excluding carboxylic acids is 2. The number of hydrogen-bond donors (Lipinski definition) is 0. The molecule has 0 saturated heterocycles. The molecule has 0 atom stereocenters. The normalized spacial score (nSPS) is 10.9. The molecule has 3 nitrogen and oxygen atoms in total. The number of allylic oxidation sites excluding steroid dienone is 1. The molecule has 0 amide bonds. The molecule has 0 fully saturated rings. The molecule has 0 unspecified atom stereocenters. The van der Waals surface area contributed by atoms with Gasteiger partial charge in [0.1, 0.15) is 12.9 Å². The van der Waals surface area contributed by atoms with E-state index in [1.807, 2.05) is 0 Å². The van der Waals surface area contributed by atoms with E-state index in [1.165, 1.54) is 0 Å². The van der Waals surface area contributed by atoms with Crippen LogP contribution in [0, 0.1) is 0 Å². The van der Waals surface area contributed by atoms with Crippen LogP contribution in [-0.2, 0) is 14.3 Å². The highest BCUT2D eigenvalue weighted by Crippen LogP contribution is 1.89. The van der Waals surface area contributed by atoms with E-state index in [-0.39, 0.29) is 12.6 Å². The minimum Gasteiger partial charge on any atom is -0.461 e. The molecule has 0 aromatic carbocycles. The zero-order valence-corrected chi connectivity index (χ0v) is 6.79. The molecule has 11 heavy (non-hydrogen) atoms. The summed E-state index contributed by atoms with van der Waals surface area (Å²) in [6.45, 7) is 3.57. The highest BCUT2D eigenvalue weighted by molar-refractivity contribution is 5.72. The lowest BCUT2D eigenvalue weighted by Gasteiger charge is -1.97. The predicted octanol–water partition coefficient (Wildman–Crippen LogP) is 1.08. The lowest BCUT2D eigenvalue weighted by atomic mass is 10.3. The number of rotatable bonds is 4. The molecule has 0 bridgehead atoms. The summed E-state index contributed by atoms with van der Waals surface area (Å²) in [4.78, 5) is 20.6. The van der Waals surface area contributed by atoms with Gasteiger partial charge in [0.05, 0.1) is 0 Å². The zero-order valence-electron chi connectivity index (χ0n) is 6.79. The Morgan fingerprint density at radius 3 is 2.64 bits per heavy atom.